The molecule has 3 aromatic carbocycles. The van der Waals surface area contributed by atoms with Crippen LogP contribution in [-0.2, 0) is 35.5 Å². The molecule has 0 saturated carbocycles. The van der Waals surface area contributed by atoms with Crippen LogP contribution >= 0.6 is 0 Å². The highest BCUT2D eigenvalue weighted by molar-refractivity contribution is 5.93. The molecule has 0 aromatic heterocycles. The Morgan fingerprint density at radius 3 is 2.32 bits per heavy atom. The van der Waals surface area contributed by atoms with Crippen LogP contribution in [0.25, 0.3) is 0 Å². The number of methoxy groups -OCH3 is 1. The second-order valence-electron chi connectivity index (χ2n) is 10.4. The number of phenolic OH excluding ortho intramolecular Hbond substituents is 1. The van der Waals surface area contributed by atoms with Gasteiger partial charge in [-0.2, -0.15) is 0 Å². The van der Waals surface area contributed by atoms with Gasteiger partial charge in [-0.25, -0.2) is 0 Å². The molecule has 1 aliphatic carbocycles. The summed E-state index contributed by atoms with van der Waals surface area (Å²) >= 11 is 0. The van der Waals surface area contributed by atoms with Crippen molar-refractivity contribution in [2.24, 2.45) is 11.8 Å². The summed E-state index contributed by atoms with van der Waals surface area (Å²) in [5.74, 6) is 0.267. The van der Waals surface area contributed by atoms with Gasteiger partial charge < -0.3 is 20.5 Å². The summed E-state index contributed by atoms with van der Waals surface area (Å²) in [6.07, 6.45) is 3.82. The van der Waals surface area contributed by atoms with Crippen molar-refractivity contribution < 1.29 is 19.4 Å². The molecule has 7 nitrogen and oxygen atoms in total. The monoisotopic (exact) mass is 513 g/mol. The highest BCUT2D eigenvalue weighted by Gasteiger charge is 2.35. The molecule has 3 N–H and O–H groups in total. The molecule has 1 saturated heterocycles. The van der Waals surface area contributed by atoms with Crippen LogP contribution in [0, 0.1) is 11.8 Å². The summed E-state index contributed by atoms with van der Waals surface area (Å²) in [4.78, 5) is 28.8. The number of phenols is 1. The number of anilines is 1. The van der Waals surface area contributed by atoms with Gasteiger partial charge in [0.1, 0.15) is 11.5 Å². The van der Waals surface area contributed by atoms with E-state index in [1.807, 2.05) is 42.5 Å². The number of hydrogen-bond donors (Lipinski definition) is 3. The zero-order chi connectivity index (χ0) is 26.5. The minimum absolute atomic E-state index is 0.0495. The molecule has 2 amide bonds. The first-order valence-electron chi connectivity index (χ1n) is 13.3. The quantitative estimate of drug-likeness (QED) is 0.418. The maximum Gasteiger partial charge on any atom is 0.228 e. The summed E-state index contributed by atoms with van der Waals surface area (Å²) < 4.78 is 5.21. The Morgan fingerprint density at radius 2 is 1.58 bits per heavy atom. The number of nitrogens with one attached hydrogen (secondary N) is 2. The predicted octanol–water partition coefficient (Wildman–Crippen LogP) is 4.28. The largest absolute Gasteiger partial charge is 0.508 e. The minimum Gasteiger partial charge on any atom is -0.508 e. The van der Waals surface area contributed by atoms with Crippen LogP contribution < -0.4 is 15.4 Å². The molecular formula is C31H35N3O4. The fourth-order valence-corrected chi connectivity index (χ4v) is 5.53. The summed E-state index contributed by atoms with van der Waals surface area (Å²) in [5, 5.41) is 15.8. The van der Waals surface area contributed by atoms with Gasteiger partial charge in [-0.05, 0) is 84.3 Å². The number of amides is 2. The lowest BCUT2D eigenvalue weighted by atomic mass is 9.87. The van der Waals surface area contributed by atoms with E-state index in [0.29, 0.717) is 32.6 Å². The van der Waals surface area contributed by atoms with Gasteiger partial charge in [0.2, 0.25) is 11.8 Å². The van der Waals surface area contributed by atoms with Crippen LogP contribution in [0.1, 0.15) is 35.1 Å². The lowest BCUT2D eigenvalue weighted by Gasteiger charge is -2.36. The molecule has 7 heteroatoms. The summed E-state index contributed by atoms with van der Waals surface area (Å²) in [6, 6.07) is 20.9. The molecule has 0 bridgehead atoms. The second kappa shape index (κ2) is 11.7. The number of benzene rings is 3. The first-order valence-corrected chi connectivity index (χ1v) is 13.3. The van der Waals surface area contributed by atoms with E-state index >= 15 is 0 Å². The zero-order valence-electron chi connectivity index (χ0n) is 21.8. The van der Waals surface area contributed by atoms with E-state index in [9.17, 15) is 14.7 Å². The smallest absolute Gasteiger partial charge is 0.228 e. The van der Waals surface area contributed by atoms with Crippen molar-refractivity contribution >= 4 is 17.5 Å². The van der Waals surface area contributed by atoms with E-state index < -0.39 is 0 Å². The highest BCUT2D eigenvalue weighted by atomic mass is 16.5. The van der Waals surface area contributed by atoms with Crippen molar-refractivity contribution in [2.75, 3.05) is 25.5 Å². The fraction of sp³-hybridized carbons (Fsp3) is 0.355. The number of nitrogens with zero attached hydrogens (tertiary/aromatic N) is 1. The number of ether oxygens (including phenoxy) is 1. The molecule has 38 heavy (non-hydrogen) atoms. The van der Waals surface area contributed by atoms with E-state index in [1.165, 1.54) is 11.1 Å². The van der Waals surface area contributed by atoms with Gasteiger partial charge in [-0.1, -0.05) is 30.3 Å². The number of aromatic hydroxyl groups is 1. The maximum absolute atomic E-state index is 13.4. The fourth-order valence-electron chi connectivity index (χ4n) is 5.53. The van der Waals surface area contributed by atoms with Crippen LogP contribution in [-0.4, -0.2) is 42.0 Å². The van der Waals surface area contributed by atoms with Crippen molar-refractivity contribution in [3.63, 3.8) is 0 Å². The van der Waals surface area contributed by atoms with Crippen molar-refractivity contribution in [1.82, 2.24) is 10.2 Å². The molecule has 0 unspecified atom stereocenters. The summed E-state index contributed by atoms with van der Waals surface area (Å²) in [7, 11) is 1.63. The third-order valence-corrected chi connectivity index (χ3v) is 7.60. The predicted molar refractivity (Wildman–Crippen MR) is 147 cm³/mol. The Kier molecular flexibility index (Phi) is 7.94. The molecule has 3 aromatic rings. The molecule has 1 aliphatic heterocycles. The molecule has 2 atom stereocenters. The van der Waals surface area contributed by atoms with Gasteiger partial charge in [0.15, 0.2) is 0 Å². The average molecular weight is 514 g/mol. The Bertz CT molecular complexity index is 1270. The first kappa shape index (κ1) is 25.8. The Hall–Kier alpha value is -3.84. The molecule has 5 rings (SSSR count). The number of likely N-dealkylation sites (tertiary alicyclic amines) is 1. The Balaban J connectivity index is 1.27. The van der Waals surface area contributed by atoms with Crippen LogP contribution in [0.5, 0.6) is 11.5 Å². The molecule has 0 radical (unpaired) electrons. The second-order valence-corrected chi connectivity index (χ2v) is 10.4. The average Bonchev–Trinajstić information content (AvgIpc) is 3.41. The molecule has 0 spiro atoms. The van der Waals surface area contributed by atoms with Crippen molar-refractivity contribution in [1.29, 1.82) is 0 Å². The van der Waals surface area contributed by atoms with Crippen LogP contribution in [0.2, 0.25) is 0 Å². The van der Waals surface area contributed by atoms with Gasteiger partial charge in [0.25, 0.3) is 0 Å². The van der Waals surface area contributed by atoms with Crippen LogP contribution in [0.15, 0.2) is 66.7 Å². The van der Waals surface area contributed by atoms with E-state index in [1.54, 1.807) is 19.2 Å². The lowest BCUT2D eigenvalue weighted by Crippen LogP contribution is -2.48. The van der Waals surface area contributed by atoms with Crippen molar-refractivity contribution in [2.45, 2.75) is 38.8 Å². The van der Waals surface area contributed by atoms with Crippen molar-refractivity contribution in [3.8, 4) is 11.5 Å². The SMILES string of the molecule is COc1ccc(CNC(=O)[C@H]2C[C@@H](C(=O)Nc3ccc4c(c3)CCC4)CN(Cc3ccc(O)cc3)C2)cc1. The van der Waals surface area contributed by atoms with E-state index in [0.717, 1.165) is 41.8 Å². The van der Waals surface area contributed by atoms with E-state index in [2.05, 4.69) is 27.7 Å². The van der Waals surface area contributed by atoms with Crippen LogP contribution in [0.3, 0.4) is 0 Å². The summed E-state index contributed by atoms with van der Waals surface area (Å²) in [6.45, 7) is 2.16. The van der Waals surface area contributed by atoms with Gasteiger partial charge >= 0.3 is 0 Å². The van der Waals surface area contributed by atoms with Gasteiger partial charge in [-0.3, -0.25) is 14.5 Å². The minimum atomic E-state index is -0.314. The normalized spacial score (nSPS) is 19.0. The lowest BCUT2D eigenvalue weighted by molar-refractivity contribution is -0.130. The van der Waals surface area contributed by atoms with E-state index in [4.69, 9.17) is 4.74 Å². The van der Waals surface area contributed by atoms with Gasteiger partial charge in [-0.15, -0.1) is 0 Å². The highest BCUT2D eigenvalue weighted by Crippen LogP contribution is 2.28. The zero-order valence-corrected chi connectivity index (χ0v) is 21.8. The number of fused-ring (bicyclic) bond motifs is 1. The first-order chi connectivity index (χ1) is 18.5. The van der Waals surface area contributed by atoms with Gasteiger partial charge in [0, 0.05) is 31.9 Å². The number of aryl methyl sites for hydroxylation is 2. The standard InChI is InChI=1S/C31H35N3O4/c1-38-29-13-7-21(8-14-29)17-32-30(36)25-15-26(20-34(19-25)18-22-5-11-28(35)12-6-22)31(37)33-27-10-9-23-3-2-4-24(23)16-27/h5-14,16,25-26,35H,2-4,15,17-20H2,1H3,(H,32,36)(H,33,37)/t25-,26+/m0/s1. The Labute approximate surface area is 223 Å². The molecule has 1 fully saturated rings. The third kappa shape index (κ3) is 6.34. The molecule has 1 heterocycles. The van der Waals surface area contributed by atoms with E-state index in [-0.39, 0.29) is 29.4 Å². The molecule has 198 valence electrons. The molecular weight excluding hydrogens is 478 g/mol. The number of carbonyl (C=O) groups is 2. The number of rotatable bonds is 8. The van der Waals surface area contributed by atoms with Crippen LogP contribution in [0.4, 0.5) is 5.69 Å². The number of hydrogen-bond acceptors (Lipinski definition) is 5. The van der Waals surface area contributed by atoms with Gasteiger partial charge in [0.05, 0.1) is 18.9 Å². The van der Waals surface area contributed by atoms with Crippen molar-refractivity contribution in [3.05, 3.63) is 89.0 Å². The topological polar surface area (TPSA) is 90.9 Å². The number of carbonyl (C=O) groups excluding carboxylic acids is 2. The number of piperidine rings is 1. The maximum atomic E-state index is 13.4. The summed E-state index contributed by atoms with van der Waals surface area (Å²) in [5.41, 5.74) is 5.53. The third-order valence-electron chi connectivity index (χ3n) is 7.60. The Morgan fingerprint density at radius 1 is 0.895 bits per heavy atom. The molecule has 2 aliphatic rings.